The third-order valence-electron chi connectivity index (χ3n) is 6.68. The average Bonchev–Trinajstić information content (AvgIpc) is 3.34. The Bertz CT molecular complexity index is 1360. The zero-order valence-electron chi connectivity index (χ0n) is 18.3. The minimum atomic E-state index is -0.0396. The number of hydrogen-bond acceptors (Lipinski definition) is 7. The molecule has 1 atom stereocenters. The second kappa shape index (κ2) is 8.31. The van der Waals surface area contributed by atoms with E-state index >= 15 is 0 Å². The van der Waals surface area contributed by atoms with Crippen LogP contribution in [0.3, 0.4) is 0 Å². The second-order valence-corrected chi connectivity index (χ2v) is 8.84. The van der Waals surface area contributed by atoms with Gasteiger partial charge < -0.3 is 15.2 Å². The molecule has 1 aliphatic carbocycles. The Labute approximate surface area is 190 Å². The van der Waals surface area contributed by atoms with E-state index in [0.29, 0.717) is 17.7 Å². The van der Waals surface area contributed by atoms with Gasteiger partial charge in [0.1, 0.15) is 23.6 Å². The number of hydrogen-bond donors (Lipinski definition) is 3. The highest BCUT2D eigenvalue weighted by atomic mass is 16.1. The van der Waals surface area contributed by atoms with Gasteiger partial charge in [0.15, 0.2) is 0 Å². The first-order valence-electron chi connectivity index (χ1n) is 11.6. The zero-order chi connectivity index (χ0) is 22.2. The quantitative estimate of drug-likeness (QED) is 0.443. The lowest BCUT2D eigenvalue weighted by Gasteiger charge is -2.33. The third-order valence-corrected chi connectivity index (χ3v) is 6.68. The molecule has 0 aromatic carbocycles. The van der Waals surface area contributed by atoms with Crippen molar-refractivity contribution in [3.63, 3.8) is 0 Å². The second-order valence-electron chi connectivity index (χ2n) is 8.84. The van der Waals surface area contributed by atoms with E-state index in [1.165, 1.54) is 0 Å². The highest BCUT2D eigenvalue weighted by Crippen LogP contribution is 2.31. The molecular formula is C24H26N8O. The number of piperidine rings is 1. The van der Waals surface area contributed by atoms with Crippen LogP contribution in [-0.4, -0.2) is 43.0 Å². The minimum absolute atomic E-state index is 0.0396. The van der Waals surface area contributed by atoms with E-state index in [-0.39, 0.29) is 5.56 Å². The largest absolute Gasteiger partial charge is 0.355 e. The lowest BCUT2D eigenvalue weighted by molar-refractivity contribution is 0.500. The Balaban J connectivity index is 1.23. The summed E-state index contributed by atoms with van der Waals surface area (Å²) in [6, 6.07) is 8.03. The molecule has 4 aromatic heterocycles. The van der Waals surface area contributed by atoms with Crippen molar-refractivity contribution < 1.29 is 0 Å². The molecule has 0 spiro atoms. The highest BCUT2D eigenvalue weighted by Gasteiger charge is 2.25. The summed E-state index contributed by atoms with van der Waals surface area (Å²) in [5.41, 5.74) is 3.59. The van der Waals surface area contributed by atoms with E-state index in [2.05, 4.69) is 41.2 Å². The van der Waals surface area contributed by atoms with Gasteiger partial charge >= 0.3 is 0 Å². The molecule has 0 saturated carbocycles. The molecule has 0 amide bonds. The van der Waals surface area contributed by atoms with E-state index in [0.717, 1.165) is 85.4 Å². The van der Waals surface area contributed by atoms with Gasteiger partial charge in [-0.25, -0.2) is 19.9 Å². The molecule has 1 unspecified atom stereocenters. The van der Waals surface area contributed by atoms with Gasteiger partial charge in [-0.15, -0.1) is 0 Å². The molecule has 3 N–H and O–H groups in total. The standard InChI is InChI=1S/C24H26N8O/c33-23-16-6-1-2-7-19(16)29-24(31-23)30-20-9-3-8-18(28-20)15-5-4-12-32(13-15)22-17-10-11-25-21(17)26-14-27-22/h3,8-11,14-15H,1-2,4-7,12-13H2,(H,25,26,27)(H2,28,29,30,31,33). The summed E-state index contributed by atoms with van der Waals surface area (Å²) in [7, 11) is 0. The van der Waals surface area contributed by atoms with Crippen LogP contribution >= 0.6 is 0 Å². The maximum absolute atomic E-state index is 12.5. The van der Waals surface area contributed by atoms with Crippen LogP contribution < -0.4 is 15.8 Å². The molecule has 1 aliphatic heterocycles. The molecule has 5 heterocycles. The van der Waals surface area contributed by atoms with Gasteiger partial charge in [-0.05, 0) is 56.7 Å². The van der Waals surface area contributed by atoms with Crippen LogP contribution in [0.25, 0.3) is 11.0 Å². The van der Waals surface area contributed by atoms with Crippen molar-refractivity contribution >= 4 is 28.6 Å². The number of fused-ring (bicyclic) bond motifs is 2. The molecule has 168 valence electrons. The molecular weight excluding hydrogens is 416 g/mol. The molecule has 0 radical (unpaired) electrons. The van der Waals surface area contributed by atoms with E-state index in [9.17, 15) is 4.79 Å². The van der Waals surface area contributed by atoms with Gasteiger partial charge in [0.2, 0.25) is 5.95 Å². The first-order valence-corrected chi connectivity index (χ1v) is 11.6. The van der Waals surface area contributed by atoms with Crippen LogP contribution in [0.15, 0.2) is 41.6 Å². The summed E-state index contributed by atoms with van der Waals surface area (Å²) in [4.78, 5) is 39.2. The normalized spacial score (nSPS) is 18.3. The molecule has 1 saturated heterocycles. The van der Waals surface area contributed by atoms with Crippen LogP contribution in [0.2, 0.25) is 0 Å². The molecule has 9 nitrogen and oxygen atoms in total. The first kappa shape index (κ1) is 19.9. The molecule has 0 bridgehead atoms. The van der Waals surface area contributed by atoms with Crippen LogP contribution in [0.5, 0.6) is 0 Å². The van der Waals surface area contributed by atoms with Gasteiger partial charge in [-0.1, -0.05) is 6.07 Å². The molecule has 2 aliphatic rings. The van der Waals surface area contributed by atoms with Crippen molar-refractivity contribution in [2.75, 3.05) is 23.3 Å². The van der Waals surface area contributed by atoms with Crippen LogP contribution in [-0.2, 0) is 12.8 Å². The summed E-state index contributed by atoms with van der Waals surface area (Å²) >= 11 is 0. The number of anilines is 3. The Morgan fingerprint density at radius 2 is 2.00 bits per heavy atom. The van der Waals surface area contributed by atoms with Crippen molar-refractivity contribution in [3.8, 4) is 0 Å². The van der Waals surface area contributed by atoms with E-state index in [1.807, 2.05) is 24.4 Å². The summed E-state index contributed by atoms with van der Waals surface area (Å²) in [5, 5.41) is 4.27. The zero-order valence-corrected chi connectivity index (χ0v) is 18.3. The number of rotatable bonds is 4. The first-order chi connectivity index (χ1) is 16.2. The predicted octanol–water partition coefficient (Wildman–Crippen LogP) is 3.44. The lowest BCUT2D eigenvalue weighted by atomic mass is 9.94. The number of nitrogens with one attached hydrogen (secondary N) is 3. The van der Waals surface area contributed by atoms with Crippen LogP contribution in [0.1, 0.15) is 48.6 Å². The van der Waals surface area contributed by atoms with Gasteiger partial charge in [-0.2, -0.15) is 0 Å². The van der Waals surface area contributed by atoms with E-state index in [1.54, 1.807) is 6.33 Å². The van der Waals surface area contributed by atoms with Gasteiger partial charge in [0.05, 0.1) is 11.1 Å². The number of aromatic amines is 2. The van der Waals surface area contributed by atoms with Gasteiger partial charge in [0, 0.05) is 36.5 Å². The van der Waals surface area contributed by atoms with Gasteiger partial charge in [-0.3, -0.25) is 9.78 Å². The van der Waals surface area contributed by atoms with Crippen molar-refractivity contribution in [2.45, 2.75) is 44.4 Å². The van der Waals surface area contributed by atoms with E-state index in [4.69, 9.17) is 4.98 Å². The molecule has 9 heteroatoms. The number of aromatic nitrogens is 6. The summed E-state index contributed by atoms with van der Waals surface area (Å²) in [6.07, 6.45) is 9.46. The molecule has 4 aromatic rings. The number of H-pyrrole nitrogens is 2. The van der Waals surface area contributed by atoms with Crippen molar-refractivity contribution in [1.82, 2.24) is 29.9 Å². The van der Waals surface area contributed by atoms with Crippen molar-refractivity contribution in [3.05, 3.63) is 64.1 Å². The highest BCUT2D eigenvalue weighted by molar-refractivity contribution is 5.87. The maximum atomic E-state index is 12.5. The smallest absolute Gasteiger partial charge is 0.255 e. The van der Waals surface area contributed by atoms with Crippen molar-refractivity contribution in [1.29, 1.82) is 0 Å². The summed E-state index contributed by atoms with van der Waals surface area (Å²) in [5.74, 6) is 2.42. The third kappa shape index (κ3) is 3.83. The van der Waals surface area contributed by atoms with Crippen LogP contribution in [0.4, 0.5) is 17.6 Å². The predicted molar refractivity (Wildman–Crippen MR) is 127 cm³/mol. The fourth-order valence-electron chi connectivity index (χ4n) is 5.05. The van der Waals surface area contributed by atoms with E-state index < -0.39 is 0 Å². The Kier molecular flexibility index (Phi) is 5.01. The Hall–Kier alpha value is -3.75. The average molecular weight is 443 g/mol. The van der Waals surface area contributed by atoms with Gasteiger partial charge in [0.25, 0.3) is 5.56 Å². The SMILES string of the molecule is O=c1[nH]c(Nc2cccc(C3CCCN(c4ncnc5[nH]ccc45)C3)n2)nc2c1CCCC2. The molecule has 6 rings (SSSR count). The lowest BCUT2D eigenvalue weighted by Crippen LogP contribution is -2.35. The number of aryl methyl sites for hydroxylation is 1. The van der Waals surface area contributed by atoms with Crippen LogP contribution in [0, 0.1) is 0 Å². The molecule has 33 heavy (non-hydrogen) atoms. The summed E-state index contributed by atoms with van der Waals surface area (Å²) < 4.78 is 0. The fraction of sp³-hybridized carbons (Fsp3) is 0.375. The monoisotopic (exact) mass is 442 g/mol. The minimum Gasteiger partial charge on any atom is -0.355 e. The molecule has 1 fully saturated rings. The topological polar surface area (TPSA) is 115 Å². The Morgan fingerprint density at radius 3 is 2.97 bits per heavy atom. The Morgan fingerprint density at radius 1 is 1.06 bits per heavy atom. The fourth-order valence-corrected chi connectivity index (χ4v) is 5.05. The number of pyridine rings is 1. The maximum Gasteiger partial charge on any atom is 0.255 e. The summed E-state index contributed by atoms with van der Waals surface area (Å²) in [6.45, 7) is 1.81. The van der Waals surface area contributed by atoms with Crippen molar-refractivity contribution in [2.24, 2.45) is 0 Å². The number of nitrogens with zero attached hydrogens (tertiary/aromatic N) is 5.